The van der Waals surface area contributed by atoms with Crippen LogP contribution < -0.4 is 5.32 Å². The number of aromatic nitrogens is 1. The maximum Gasteiger partial charge on any atom is 0.227 e. The molecule has 0 saturated carbocycles. The molecular weight excluding hydrogens is 311 g/mol. The minimum atomic E-state index is -0.196. The van der Waals surface area contributed by atoms with Gasteiger partial charge in [-0.25, -0.2) is 4.98 Å². The monoisotopic (exact) mass is 320 g/mol. The molecule has 0 saturated heterocycles. The lowest BCUT2D eigenvalue weighted by Gasteiger charge is -2.05. The van der Waals surface area contributed by atoms with Crippen LogP contribution in [0, 0.1) is 0 Å². The van der Waals surface area contributed by atoms with Gasteiger partial charge in [-0.3, -0.25) is 4.79 Å². The molecule has 0 fully saturated rings. The number of hydrogen-bond donors (Lipinski definition) is 1. The summed E-state index contributed by atoms with van der Waals surface area (Å²) in [5, 5.41) is 3.71. The topological polar surface area (TPSA) is 55.1 Å². The van der Waals surface area contributed by atoms with E-state index >= 15 is 0 Å². The average molecular weight is 321 g/mol. The van der Waals surface area contributed by atoms with Crippen molar-refractivity contribution < 1.29 is 9.21 Å². The normalized spacial score (nSPS) is 10.8. The summed E-state index contributed by atoms with van der Waals surface area (Å²) in [6.45, 7) is 1.42. The molecule has 0 aliphatic rings. The van der Waals surface area contributed by atoms with Crippen LogP contribution in [0.15, 0.2) is 40.8 Å². The molecule has 0 aliphatic heterocycles. The maximum absolute atomic E-state index is 11.2. The zero-order valence-corrected chi connectivity index (χ0v) is 12.5. The Kier molecular flexibility index (Phi) is 3.57. The third-order valence-electron chi connectivity index (χ3n) is 2.87. The molecule has 4 nitrogen and oxygen atoms in total. The van der Waals surface area contributed by atoms with Gasteiger partial charge in [-0.2, -0.15) is 0 Å². The Hall–Kier alpha value is -2.04. The summed E-state index contributed by atoms with van der Waals surface area (Å²) in [7, 11) is 0. The van der Waals surface area contributed by atoms with Crippen LogP contribution in [0.25, 0.3) is 22.6 Å². The highest BCUT2D eigenvalue weighted by atomic mass is 35.5. The van der Waals surface area contributed by atoms with Gasteiger partial charge in [0.25, 0.3) is 0 Å². The molecular formula is C15H10Cl2N2O2. The molecule has 1 amide bonds. The van der Waals surface area contributed by atoms with Gasteiger partial charge in [0.15, 0.2) is 5.58 Å². The quantitative estimate of drug-likeness (QED) is 0.740. The van der Waals surface area contributed by atoms with Crippen molar-refractivity contribution in [3.63, 3.8) is 0 Å². The third-order valence-corrected chi connectivity index (χ3v) is 3.44. The summed E-state index contributed by atoms with van der Waals surface area (Å²) >= 11 is 12.0. The van der Waals surface area contributed by atoms with Crippen molar-refractivity contribution in [3.8, 4) is 11.5 Å². The highest BCUT2D eigenvalue weighted by Crippen LogP contribution is 2.31. The van der Waals surface area contributed by atoms with Crippen LogP contribution in [-0.2, 0) is 4.79 Å². The number of carbonyl (C=O) groups excluding carboxylic acids is 1. The lowest BCUT2D eigenvalue weighted by molar-refractivity contribution is -0.114. The van der Waals surface area contributed by atoms with Gasteiger partial charge in [-0.05, 0) is 36.4 Å². The largest absolute Gasteiger partial charge is 0.436 e. The van der Waals surface area contributed by atoms with Gasteiger partial charge in [-0.1, -0.05) is 23.2 Å². The van der Waals surface area contributed by atoms with Gasteiger partial charge in [0.05, 0.1) is 10.7 Å². The first-order valence-electron chi connectivity index (χ1n) is 6.16. The summed E-state index contributed by atoms with van der Waals surface area (Å²) in [6.07, 6.45) is 0. The molecule has 0 atom stereocenters. The number of fused-ring (bicyclic) bond motifs is 1. The van der Waals surface area contributed by atoms with Gasteiger partial charge in [0, 0.05) is 17.5 Å². The van der Waals surface area contributed by atoms with Crippen LogP contribution in [0.1, 0.15) is 6.92 Å². The molecule has 0 aliphatic carbocycles. The molecule has 3 aromatic rings. The molecule has 3 rings (SSSR count). The zero-order valence-electron chi connectivity index (χ0n) is 11.0. The first-order chi connectivity index (χ1) is 10.0. The molecule has 1 aromatic heterocycles. The molecule has 21 heavy (non-hydrogen) atoms. The van der Waals surface area contributed by atoms with Crippen molar-refractivity contribution in [1.29, 1.82) is 0 Å². The number of amides is 1. The van der Waals surface area contributed by atoms with E-state index in [9.17, 15) is 4.79 Å². The number of anilines is 1. The molecule has 0 spiro atoms. The molecule has 0 radical (unpaired) electrons. The van der Waals surface area contributed by atoms with Crippen molar-refractivity contribution in [2.75, 3.05) is 5.32 Å². The third kappa shape index (κ3) is 2.86. The number of oxazole rings is 1. The Morgan fingerprint density at radius 2 is 2.00 bits per heavy atom. The minimum Gasteiger partial charge on any atom is -0.436 e. The fourth-order valence-electron chi connectivity index (χ4n) is 1.97. The Morgan fingerprint density at radius 3 is 2.76 bits per heavy atom. The van der Waals surface area contributed by atoms with Crippen LogP contribution in [0.3, 0.4) is 0 Å². The van der Waals surface area contributed by atoms with Crippen LogP contribution in [0.4, 0.5) is 5.69 Å². The van der Waals surface area contributed by atoms with Crippen LogP contribution >= 0.6 is 23.2 Å². The smallest absolute Gasteiger partial charge is 0.227 e. The van der Waals surface area contributed by atoms with Gasteiger partial charge in [0.1, 0.15) is 5.52 Å². The van der Waals surface area contributed by atoms with Gasteiger partial charge in [-0.15, -0.1) is 0 Å². The standard InChI is InChI=1S/C15H10Cl2N2O2/c1-8(20)18-12-6-9(2-4-11(12)17)15-19-13-7-10(16)3-5-14(13)21-15/h2-7H,1H3,(H,18,20). The van der Waals surface area contributed by atoms with E-state index in [2.05, 4.69) is 10.3 Å². The van der Waals surface area contributed by atoms with E-state index in [1.165, 1.54) is 6.92 Å². The molecule has 0 unspecified atom stereocenters. The summed E-state index contributed by atoms with van der Waals surface area (Å²) < 4.78 is 5.68. The second-order valence-electron chi connectivity index (χ2n) is 4.51. The van der Waals surface area contributed by atoms with Crippen molar-refractivity contribution in [3.05, 3.63) is 46.4 Å². The number of carbonyl (C=O) groups is 1. The number of nitrogens with one attached hydrogen (secondary N) is 1. The number of halogens is 2. The Bertz CT molecular complexity index is 843. The summed E-state index contributed by atoms with van der Waals surface area (Å²) in [6, 6.07) is 10.4. The lowest BCUT2D eigenvalue weighted by atomic mass is 10.2. The highest BCUT2D eigenvalue weighted by molar-refractivity contribution is 6.33. The summed E-state index contributed by atoms with van der Waals surface area (Å²) in [4.78, 5) is 15.6. The molecule has 2 aromatic carbocycles. The van der Waals surface area contributed by atoms with Gasteiger partial charge < -0.3 is 9.73 Å². The fraction of sp³-hybridized carbons (Fsp3) is 0.0667. The predicted molar refractivity (Wildman–Crippen MR) is 83.8 cm³/mol. The Labute approximate surface area is 130 Å². The average Bonchev–Trinajstić information content (AvgIpc) is 2.83. The van der Waals surface area contributed by atoms with E-state index in [1.807, 2.05) is 0 Å². The summed E-state index contributed by atoms with van der Waals surface area (Å²) in [5.74, 6) is 0.244. The van der Waals surface area contributed by atoms with E-state index in [4.69, 9.17) is 27.6 Å². The predicted octanol–water partition coefficient (Wildman–Crippen LogP) is 4.76. The van der Waals surface area contributed by atoms with Crippen LogP contribution in [-0.4, -0.2) is 10.9 Å². The van der Waals surface area contributed by atoms with Gasteiger partial charge in [0.2, 0.25) is 11.8 Å². The van der Waals surface area contributed by atoms with Crippen LogP contribution in [0.5, 0.6) is 0 Å². The first kappa shape index (κ1) is 13.9. The SMILES string of the molecule is CC(=O)Nc1cc(-c2nc3cc(Cl)ccc3o2)ccc1Cl. The minimum absolute atomic E-state index is 0.196. The molecule has 0 bridgehead atoms. The Balaban J connectivity index is 2.07. The highest BCUT2D eigenvalue weighted by Gasteiger charge is 2.11. The molecule has 1 N–H and O–H groups in total. The van der Waals surface area contributed by atoms with Gasteiger partial charge >= 0.3 is 0 Å². The number of nitrogens with zero attached hydrogens (tertiary/aromatic N) is 1. The van der Waals surface area contributed by atoms with Crippen molar-refractivity contribution in [2.45, 2.75) is 6.92 Å². The van der Waals surface area contributed by atoms with Crippen molar-refractivity contribution in [2.24, 2.45) is 0 Å². The zero-order chi connectivity index (χ0) is 15.0. The second kappa shape index (κ2) is 5.39. The van der Waals surface area contributed by atoms with E-state index in [0.717, 1.165) is 5.56 Å². The molecule has 106 valence electrons. The summed E-state index contributed by atoms with van der Waals surface area (Å²) in [5.41, 5.74) is 2.55. The second-order valence-corrected chi connectivity index (χ2v) is 5.35. The van der Waals surface area contributed by atoms with Crippen molar-refractivity contribution in [1.82, 2.24) is 4.98 Å². The van der Waals surface area contributed by atoms with E-state index in [0.29, 0.717) is 32.7 Å². The van der Waals surface area contributed by atoms with E-state index in [1.54, 1.807) is 36.4 Å². The number of benzene rings is 2. The van der Waals surface area contributed by atoms with Crippen molar-refractivity contribution >= 4 is 45.9 Å². The lowest BCUT2D eigenvalue weighted by Crippen LogP contribution is -2.06. The maximum atomic E-state index is 11.2. The Morgan fingerprint density at radius 1 is 1.19 bits per heavy atom. The number of rotatable bonds is 2. The molecule has 6 heteroatoms. The number of hydrogen-bond acceptors (Lipinski definition) is 3. The molecule has 1 heterocycles. The van der Waals surface area contributed by atoms with Crippen LogP contribution in [0.2, 0.25) is 10.0 Å². The van der Waals surface area contributed by atoms with E-state index in [-0.39, 0.29) is 5.91 Å². The fourth-order valence-corrected chi connectivity index (χ4v) is 2.30. The van der Waals surface area contributed by atoms with E-state index < -0.39 is 0 Å². The first-order valence-corrected chi connectivity index (χ1v) is 6.92.